The van der Waals surface area contributed by atoms with Gasteiger partial charge in [0.2, 0.25) is 11.8 Å². The summed E-state index contributed by atoms with van der Waals surface area (Å²) in [7, 11) is 0. The third-order valence-electron chi connectivity index (χ3n) is 2.55. The molecule has 0 spiro atoms. The highest BCUT2D eigenvalue weighted by atomic mass is 32.1. The second kappa shape index (κ2) is 9.06. The molecule has 0 bridgehead atoms. The standard InChI is InChI=1S/C14H18N4O2S2/c1-3-11(19)17-13(21)15-9-5-7-10(8-6-9)16-14(22)18-12(20)4-2/h5-8H,3-4H2,1-2H3,(H2,15,17,19,21)(H2,16,18,20,22). The van der Waals surface area contributed by atoms with Crippen LogP contribution >= 0.6 is 24.4 Å². The summed E-state index contributed by atoms with van der Waals surface area (Å²) >= 11 is 10.0. The van der Waals surface area contributed by atoms with Crippen molar-refractivity contribution in [2.45, 2.75) is 26.7 Å². The zero-order valence-electron chi connectivity index (χ0n) is 12.4. The van der Waals surface area contributed by atoms with Gasteiger partial charge in [-0.15, -0.1) is 0 Å². The molecular weight excluding hydrogens is 320 g/mol. The normalized spacial score (nSPS) is 9.55. The van der Waals surface area contributed by atoms with E-state index in [1.807, 2.05) is 0 Å². The van der Waals surface area contributed by atoms with Gasteiger partial charge in [-0.1, -0.05) is 13.8 Å². The highest BCUT2D eigenvalue weighted by molar-refractivity contribution is 7.80. The molecule has 0 aliphatic carbocycles. The quantitative estimate of drug-likeness (QED) is 0.630. The molecule has 4 N–H and O–H groups in total. The van der Waals surface area contributed by atoms with Crippen LogP contribution in [0.2, 0.25) is 0 Å². The molecule has 2 amide bonds. The first-order valence-corrected chi connectivity index (χ1v) is 7.58. The fourth-order valence-corrected chi connectivity index (χ4v) is 1.85. The lowest BCUT2D eigenvalue weighted by Gasteiger charge is -2.11. The lowest BCUT2D eigenvalue weighted by molar-refractivity contribution is -0.120. The number of amides is 2. The average Bonchev–Trinajstić information content (AvgIpc) is 2.48. The van der Waals surface area contributed by atoms with Gasteiger partial charge in [0.1, 0.15) is 0 Å². The van der Waals surface area contributed by atoms with E-state index in [0.29, 0.717) is 12.8 Å². The predicted octanol–water partition coefficient (Wildman–Crippen LogP) is 2.13. The van der Waals surface area contributed by atoms with E-state index in [4.69, 9.17) is 24.4 Å². The Labute approximate surface area is 140 Å². The van der Waals surface area contributed by atoms with E-state index >= 15 is 0 Å². The smallest absolute Gasteiger partial charge is 0.225 e. The van der Waals surface area contributed by atoms with Gasteiger partial charge in [-0.2, -0.15) is 0 Å². The maximum Gasteiger partial charge on any atom is 0.225 e. The number of anilines is 2. The first kappa shape index (κ1) is 18.0. The van der Waals surface area contributed by atoms with Crippen LogP contribution < -0.4 is 21.3 Å². The summed E-state index contributed by atoms with van der Waals surface area (Å²) in [5, 5.41) is 11.4. The molecule has 1 aromatic rings. The number of rotatable bonds is 4. The molecule has 0 saturated carbocycles. The van der Waals surface area contributed by atoms with E-state index in [-0.39, 0.29) is 22.0 Å². The summed E-state index contributed by atoms with van der Waals surface area (Å²) in [6.07, 6.45) is 0.733. The molecule has 0 aromatic heterocycles. The number of carbonyl (C=O) groups is 2. The van der Waals surface area contributed by atoms with Crippen LogP contribution in [0.4, 0.5) is 11.4 Å². The molecule has 0 unspecified atom stereocenters. The minimum Gasteiger partial charge on any atom is -0.332 e. The second-order valence-corrected chi connectivity index (χ2v) is 5.11. The molecule has 0 radical (unpaired) electrons. The molecule has 0 saturated heterocycles. The summed E-state index contributed by atoms with van der Waals surface area (Å²) in [4.78, 5) is 22.4. The van der Waals surface area contributed by atoms with Gasteiger partial charge in [0, 0.05) is 24.2 Å². The first-order valence-electron chi connectivity index (χ1n) is 6.76. The van der Waals surface area contributed by atoms with Gasteiger partial charge in [-0.25, -0.2) is 0 Å². The van der Waals surface area contributed by atoms with Gasteiger partial charge in [0.25, 0.3) is 0 Å². The summed E-state index contributed by atoms with van der Waals surface area (Å²) in [6, 6.07) is 7.10. The van der Waals surface area contributed by atoms with Gasteiger partial charge in [0.05, 0.1) is 0 Å². The van der Waals surface area contributed by atoms with Gasteiger partial charge >= 0.3 is 0 Å². The fourth-order valence-electron chi connectivity index (χ4n) is 1.39. The van der Waals surface area contributed by atoms with Crippen LogP contribution in [0.25, 0.3) is 0 Å². The molecule has 0 aliphatic rings. The molecule has 8 heteroatoms. The largest absolute Gasteiger partial charge is 0.332 e. The Bertz CT molecular complexity index is 522. The Kier molecular flexibility index (Phi) is 7.41. The topological polar surface area (TPSA) is 82.3 Å². The Morgan fingerprint density at radius 2 is 1.14 bits per heavy atom. The fraction of sp³-hybridized carbons (Fsp3) is 0.286. The number of thiocarbonyl (C=S) groups is 2. The Balaban J connectivity index is 2.52. The van der Waals surface area contributed by atoms with Crippen LogP contribution in [0.15, 0.2) is 24.3 Å². The van der Waals surface area contributed by atoms with Crippen molar-refractivity contribution >= 4 is 57.8 Å². The van der Waals surface area contributed by atoms with Crippen molar-refractivity contribution in [1.82, 2.24) is 10.6 Å². The minimum atomic E-state index is -0.146. The number of hydrogen-bond donors (Lipinski definition) is 4. The first-order chi connectivity index (χ1) is 10.4. The average molecular weight is 338 g/mol. The Hall–Kier alpha value is -2.06. The second-order valence-electron chi connectivity index (χ2n) is 4.29. The van der Waals surface area contributed by atoms with Crippen LogP contribution in [-0.2, 0) is 9.59 Å². The number of benzene rings is 1. The number of carbonyl (C=O) groups excluding carboxylic acids is 2. The van der Waals surface area contributed by atoms with Crippen LogP contribution in [0, 0.1) is 0 Å². The third kappa shape index (κ3) is 6.59. The summed E-state index contributed by atoms with van der Waals surface area (Å²) < 4.78 is 0. The maximum atomic E-state index is 11.2. The summed E-state index contributed by atoms with van der Waals surface area (Å²) in [6.45, 7) is 3.50. The third-order valence-corrected chi connectivity index (χ3v) is 2.96. The van der Waals surface area contributed by atoms with Gasteiger partial charge in [-0.3, -0.25) is 9.59 Å². The molecule has 1 rings (SSSR count). The number of hydrogen-bond acceptors (Lipinski definition) is 4. The maximum absolute atomic E-state index is 11.2. The summed E-state index contributed by atoms with van der Waals surface area (Å²) in [5.74, 6) is -0.291. The van der Waals surface area contributed by atoms with E-state index in [9.17, 15) is 9.59 Å². The van der Waals surface area contributed by atoms with Crippen LogP contribution in [0.1, 0.15) is 26.7 Å². The van der Waals surface area contributed by atoms with Crippen LogP contribution in [0.3, 0.4) is 0 Å². The van der Waals surface area contributed by atoms with Gasteiger partial charge < -0.3 is 21.3 Å². The summed E-state index contributed by atoms with van der Waals surface area (Å²) in [5.41, 5.74) is 1.46. The molecular formula is C14H18N4O2S2. The van der Waals surface area contributed by atoms with E-state index < -0.39 is 0 Å². The molecule has 6 nitrogen and oxygen atoms in total. The molecule has 0 atom stereocenters. The molecule has 0 fully saturated rings. The Morgan fingerprint density at radius 1 is 0.818 bits per heavy atom. The van der Waals surface area contributed by atoms with Gasteiger partial charge in [0.15, 0.2) is 10.2 Å². The van der Waals surface area contributed by atoms with Crippen molar-refractivity contribution in [3.63, 3.8) is 0 Å². The highest BCUT2D eigenvalue weighted by Gasteiger charge is 2.04. The molecule has 1 aromatic carbocycles. The van der Waals surface area contributed by atoms with Crippen molar-refractivity contribution in [2.24, 2.45) is 0 Å². The van der Waals surface area contributed by atoms with E-state index in [1.165, 1.54) is 0 Å². The zero-order chi connectivity index (χ0) is 16.5. The van der Waals surface area contributed by atoms with E-state index in [0.717, 1.165) is 11.4 Å². The highest BCUT2D eigenvalue weighted by Crippen LogP contribution is 2.13. The number of nitrogens with one attached hydrogen (secondary N) is 4. The van der Waals surface area contributed by atoms with Crippen LogP contribution in [0.5, 0.6) is 0 Å². The SMILES string of the molecule is CCC(=O)NC(=S)Nc1ccc(NC(=S)NC(=O)CC)cc1. The minimum absolute atomic E-state index is 0.146. The molecule has 22 heavy (non-hydrogen) atoms. The molecule has 118 valence electrons. The zero-order valence-corrected chi connectivity index (χ0v) is 14.0. The van der Waals surface area contributed by atoms with Crippen molar-refractivity contribution < 1.29 is 9.59 Å². The van der Waals surface area contributed by atoms with Crippen molar-refractivity contribution in [2.75, 3.05) is 10.6 Å². The lowest BCUT2D eigenvalue weighted by Crippen LogP contribution is -2.33. The monoisotopic (exact) mass is 338 g/mol. The van der Waals surface area contributed by atoms with Crippen molar-refractivity contribution in [1.29, 1.82) is 0 Å². The lowest BCUT2D eigenvalue weighted by atomic mass is 10.3. The van der Waals surface area contributed by atoms with E-state index in [2.05, 4.69) is 21.3 Å². The van der Waals surface area contributed by atoms with E-state index in [1.54, 1.807) is 38.1 Å². The Morgan fingerprint density at radius 3 is 1.41 bits per heavy atom. The van der Waals surface area contributed by atoms with Crippen molar-refractivity contribution in [3.05, 3.63) is 24.3 Å². The van der Waals surface area contributed by atoms with Crippen molar-refractivity contribution in [3.8, 4) is 0 Å². The molecule has 0 heterocycles. The van der Waals surface area contributed by atoms with Gasteiger partial charge in [-0.05, 0) is 48.7 Å². The molecule has 0 aliphatic heterocycles. The van der Waals surface area contributed by atoms with Crippen LogP contribution in [-0.4, -0.2) is 22.0 Å². The predicted molar refractivity (Wildman–Crippen MR) is 95.8 cm³/mol.